The highest BCUT2D eigenvalue weighted by molar-refractivity contribution is 7.89. The molecule has 1 saturated carbocycles. The number of hydrogen-bond acceptors (Lipinski definition) is 7. The number of furan rings is 1. The van der Waals surface area contributed by atoms with Gasteiger partial charge in [0.25, 0.3) is 0 Å². The topological polar surface area (TPSA) is 133 Å². The number of nitrogens with zero attached hydrogens (tertiary/aromatic N) is 3. The predicted octanol–water partition coefficient (Wildman–Crippen LogP) is 2.32. The lowest BCUT2D eigenvalue weighted by atomic mass is 10.0. The number of rotatable bonds is 8. The van der Waals surface area contributed by atoms with E-state index < -0.39 is 21.6 Å². The molecule has 9 nitrogen and oxygen atoms in total. The van der Waals surface area contributed by atoms with Gasteiger partial charge in [0.2, 0.25) is 15.9 Å². The molecule has 3 aromatic rings. The Morgan fingerprint density at radius 2 is 1.74 bits per heavy atom. The summed E-state index contributed by atoms with van der Waals surface area (Å²) in [6.07, 6.45) is 2.30. The Hall–Kier alpha value is -3.49. The lowest BCUT2D eigenvalue weighted by Crippen LogP contribution is -2.47. The third kappa shape index (κ3) is 5.24. The number of hydrogen-bond donors (Lipinski definition) is 2. The van der Waals surface area contributed by atoms with E-state index in [1.165, 1.54) is 10.6 Å². The molecule has 1 aromatic heterocycles. The Kier molecular flexibility index (Phi) is 7.11. The van der Waals surface area contributed by atoms with Crippen LogP contribution in [0.25, 0.3) is 11.1 Å². The molecule has 0 bridgehead atoms. The van der Waals surface area contributed by atoms with E-state index in [4.69, 9.17) is 10.2 Å². The van der Waals surface area contributed by atoms with E-state index in [2.05, 4.69) is 16.3 Å². The van der Waals surface area contributed by atoms with Gasteiger partial charge in [-0.25, -0.2) is 8.42 Å². The summed E-state index contributed by atoms with van der Waals surface area (Å²) in [4.78, 5) is 15.0. The molecule has 38 heavy (non-hydrogen) atoms. The average Bonchev–Trinajstić information content (AvgIpc) is 3.40. The van der Waals surface area contributed by atoms with Gasteiger partial charge in [-0.05, 0) is 54.4 Å². The van der Waals surface area contributed by atoms with E-state index in [-0.39, 0.29) is 18.2 Å². The number of nitrogens with two attached hydrogens (primary N) is 1. The molecular weight excluding hydrogens is 502 g/mol. The van der Waals surface area contributed by atoms with Crippen molar-refractivity contribution < 1.29 is 17.6 Å². The highest BCUT2D eigenvalue weighted by Gasteiger charge is 2.57. The van der Waals surface area contributed by atoms with Crippen LogP contribution in [0.5, 0.6) is 0 Å². The molecule has 2 fully saturated rings. The molecule has 0 unspecified atom stereocenters. The lowest BCUT2D eigenvalue weighted by Gasteiger charge is -2.31. The maximum atomic E-state index is 13.0. The first kappa shape index (κ1) is 26.1. The van der Waals surface area contributed by atoms with E-state index in [1.54, 1.807) is 24.3 Å². The number of amides is 1. The number of carbonyl (C=O) groups is 1. The molecule has 2 aromatic carbocycles. The van der Waals surface area contributed by atoms with E-state index >= 15 is 0 Å². The van der Waals surface area contributed by atoms with Crippen molar-refractivity contribution in [3.63, 3.8) is 0 Å². The number of benzene rings is 2. The zero-order valence-electron chi connectivity index (χ0n) is 21.2. The van der Waals surface area contributed by atoms with Gasteiger partial charge < -0.3 is 20.4 Å². The summed E-state index contributed by atoms with van der Waals surface area (Å²) in [5, 5.41) is 12.7. The van der Waals surface area contributed by atoms with Gasteiger partial charge in [-0.1, -0.05) is 36.4 Å². The molecule has 1 amide bonds. The van der Waals surface area contributed by atoms with Crippen molar-refractivity contribution in [2.24, 2.45) is 5.73 Å². The first-order valence-corrected chi connectivity index (χ1v) is 14.1. The first-order valence-electron chi connectivity index (χ1n) is 12.6. The van der Waals surface area contributed by atoms with Crippen molar-refractivity contribution in [1.29, 1.82) is 5.26 Å². The van der Waals surface area contributed by atoms with Crippen molar-refractivity contribution in [2.45, 2.75) is 35.2 Å². The zero-order chi connectivity index (χ0) is 26.9. The third-order valence-corrected chi connectivity index (χ3v) is 9.36. The monoisotopic (exact) mass is 533 g/mol. The minimum atomic E-state index is -3.51. The summed E-state index contributed by atoms with van der Waals surface area (Å²) in [6.45, 7) is 2.42. The molecule has 1 aliphatic heterocycles. The molecule has 198 valence electrons. The van der Waals surface area contributed by atoms with Crippen molar-refractivity contribution in [1.82, 2.24) is 14.5 Å². The molecular formula is C28H31N5O4S. The summed E-state index contributed by atoms with van der Waals surface area (Å²) in [5.41, 5.74) is 7.83. The van der Waals surface area contributed by atoms with Gasteiger partial charge in [-0.3, -0.25) is 4.79 Å². The fraction of sp³-hybridized carbons (Fsp3) is 0.357. The number of nitrogens with one attached hydrogen (secondary N) is 1. The van der Waals surface area contributed by atoms with E-state index in [0.717, 1.165) is 29.8 Å². The van der Waals surface area contributed by atoms with Gasteiger partial charge in [0.05, 0.1) is 23.3 Å². The summed E-state index contributed by atoms with van der Waals surface area (Å²) < 4.78 is 32.8. The largest absolute Gasteiger partial charge is 0.469 e. The summed E-state index contributed by atoms with van der Waals surface area (Å²) >= 11 is 0. The number of likely N-dealkylation sites (N-methyl/N-ethyl adjacent to an activating group) is 1. The molecule has 3 N–H and O–H groups in total. The van der Waals surface area contributed by atoms with Crippen molar-refractivity contribution in [3.05, 3.63) is 78.3 Å². The summed E-state index contributed by atoms with van der Waals surface area (Å²) in [7, 11) is -1.52. The molecule has 1 aliphatic carbocycles. The normalized spacial score (nSPS) is 22.9. The number of carbonyl (C=O) groups excluding carboxylic acids is 1. The number of piperazine rings is 1. The zero-order valence-corrected chi connectivity index (χ0v) is 22.0. The van der Waals surface area contributed by atoms with Crippen molar-refractivity contribution >= 4 is 15.9 Å². The van der Waals surface area contributed by atoms with Gasteiger partial charge in [0, 0.05) is 38.5 Å². The van der Waals surface area contributed by atoms with Crippen LogP contribution in [0.2, 0.25) is 0 Å². The first-order chi connectivity index (χ1) is 18.2. The van der Waals surface area contributed by atoms with Crippen LogP contribution in [-0.4, -0.2) is 68.3 Å². The average molecular weight is 534 g/mol. The van der Waals surface area contributed by atoms with Gasteiger partial charge in [-0.2, -0.15) is 9.57 Å². The second kappa shape index (κ2) is 10.3. The van der Waals surface area contributed by atoms with Crippen LogP contribution in [-0.2, 0) is 21.2 Å². The minimum absolute atomic E-state index is 0.127. The summed E-state index contributed by atoms with van der Waals surface area (Å²) in [6, 6.07) is 19.7. The highest BCUT2D eigenvalue weighted by Crippen LogP contribution is 2.51. The Morgan fingerprint density at radius 3 is 2.32 bits per heavy atom. The minimum Gasteiger partial charge on any atom is -0.469 e. The molecule has 5 rings (SSSR count). The Bertz CT molecular complexity index is 1420. The smallest absolute Gasteiger partial charge is 0.243 e. The van der Waals surface area contributed by atoms with E-state index in [1.807, 2.05) is 43.4 Å². The van der Waals surface area contributed by atoms with Crippen molar-refractivity contribution in [2.75, 3.05) is 33.2 Å². The van der Waals surface area contributed by atoms with Gasteiger partial charge >= 0.3 is 0 Å². The van der Waals surface area contributed by atoms with E-state index in [0.29, 0.717) is 30.2 Å². The van der Waals surface area contributed by atoms with Crippen LogP contribution in [0.3, 0.4) is 0 Å². The second-order valence-corrected chi connectivity index (χ2v) is 12.0. The standard InChI is InChI=1S/C28H31N5O4S/c1-32-12-14-33(15-13-32)38(35,36)24-10-8-21(9-11-24)20-4-6-22(7-5-20)25-18-28(25,19-29)31-27(34)26(30)17-23-3-2-16-37-23/h2-11,16,25-26H,12-15,17-18,30H2,1H3,(H,31,34)/t25-,26+,28+/m1/s1. The SMILES string of the molecule is CN1CCN(S(=O)(=O)c2ccc(-c3ccc([C@H]4C[C@@]4(C#N)NC(=O)[C@@H](N)Cc4ccco4)cc3)cc2)CC1. The molecule has 1 saturated heterocycles. The van der Waals surface area contributed by atoms with Gasteiger partial charge in [-0.15, -0.1) is 0 Å². The maximum Gasteiger partial charge on any atom is 0.243 e. The molecule has 0 radical (unpaired) electrons. The fourth-order valence-electron chi connectivity index (χ4n) is 4.91. The number of sulfonamides is 1. The molecule has 2 aliphatic rings. The van der Waals surface area contributed by atoms with Crippen LogP contribution in [0.15, 0.2) is 76.2 Å². The molecule has 10 heteroatoms. The van der Waals surface area contributed by atoms with Crippen LogP contribution < -0.4 is 11.1 Å². The van der Waals surface area contributed by atoms with Gasteiger partial charge in [0.1, 0.15) is 11.3 Å². The maximum absolute atomic E-state index is 13.0. The quantitative estimate of drug-likeness (QED) is 0.454. The van der Waals surface area contributed by atoms with Crippen LogP contribution >= 0.6 is 0 Å². The summed E-state index contributed by atoms with van der Waals surface area (Å²) in [5.74, 6) is 0.109. The fourth-order valence-corrected chi connectivity index (χ4v) is 6.33. The van der Waals surface area contributed by atoms with Gasteiger partial charge in [0.15, 0.2) is 0 Å². The number of nitriles is 1. The van der Waals surface area contributed by atoms with Crippen LogP contribution in [0.4, 0.5) is 0 Å². The molecule has 2 heterocycles. The Labute approximate surface area is 222 Å². The Morgan fingerprint density at radius 1 is 1.11 bits per heavy atom. The van der Waals surface area contributed by atoms with Crippen LogP contribution in [0, 0.1) is 11.3 Å². The highest BCUT2D eigenvalue weighted by atomic mass is 32.2. The second-order valence-electron chi connectivity index (χ2n) is 10.1. The van der Waals surface area contributed by atoms with Crippen molar-refractivity contribution in [3.8, 4) is 17.2 Å². The lowest BCUT2D eigenvalue weighted by molar-refractivity contribution is -0.123. The third-order valence-electron chi connectivity index (χ3n) is 7.45. The predicted molar refractivity (Wildman–Crippen MR) is 142 cm³/mol. The van der Waals surface area contributed by atoms with Crippen LogP contribution in [0.1, 0.15) is 23.7 Å². The molecule has 0 spiro atoms. The van der Waals surface area contributed by atoms with E-state index in [9.17, 15) is 18.5 Å². The Balaban J connectivity index is 1.23. The molecule has 3 atom stereocenters.